The lowest BCUT2D eigenvalue weighted by molar-refractivity contribution is -0.144. The highest BCUT2D eigenvalue weighted by Crippen LogP contribution is 2.05. The van der Waals surface area contributed by atoms with Gasteiger partial charge in [-0.15, -0.1) is 0 Å². The Labute approximate surface area is 179 Å². The van der Waals surface area contributed by atoms with E-state index >= 15 is 0 Å². The van der Waals surface area contributed by atoms with Gasteiger partial charge in [-0.2, -0.15) is 0 Å². The summed E-state index contributed by atoms with van der Waals surface area (Å²) >= 11 is 0. The van der Waals surface area contributed by atoms with Crippen LogP contribution < -0.4 is 33.2 Å². The number of carbonyl (C=O) groups excluding carboxylic acids is 3. The second kappa shape index (κ2) is 13.7. The Morgan fingerprint density at radius 1 is 0.935 bits per heavy atom. The van der Waals surface area contributed by atoms with Crippen LogP contribution in [-0.4, -0.2) is 77.0 Å². The van der Waals surface area contributed by atoms with Gasteiger partial charge in [0.15, 0.2) is 5.96 Å². The molecule has 14 heteroatoms. The van der Waals surface area contributed by atoms with E-state index in [9.17, 15) is 29.1 Å². The number of hydrogen-bond acceptors (Lipinski definition) is 7. The number of aliphatic imine (C=N–C) groups is 1. The van der Waals surface area contributed by atoms with E-state index in [1.54, 1.807) is 13.8 Å². The molecular formula is C17H31N7O7. The molecule has 0 aliphatic rings. The Bertz CT molecular complexity index is 692. The van der Waals surface area contributed by atoms with Gasteiger partial charge in [-0.3, -0.25) is 24.2 Å². The van der Waals surface area contributed by atoms with E-state index in [4.69, 9.17) is 22.3 Å². The normalized spacial score (nSPS) is 13.4. The van der Waals surface area contributed by atoms with Gasteiger partial charge in [-0.25, -0.2) is 4.79 Å². The number of carbonyl (C=O) groups is 5. The molecular weight excluding hydrogens is 414 g/mol. The molecule has 0 bridgehead atoms. The zero-order valence-electron chi connectivity index (χ0n) is 17.5. The maximum absolute atomic E-state index is 12.6. The number of nitrogens with one attached hydrogen (secondary N) is 3. The molecule has 0 aliphatic carbocycles. The van der Waals surface area contributed by atoms with E-state index < -0.39 is 66.7 Å². The highest BCUT2D eigenvalue weighted by Gasteiger charge is 2.31. The standard InChI is InChI=1S/C17H31N7O7/c1-8(2)13(16(30)31)24-15(29)10(6-12(26)27)23-14(28)9(22-11(25)7-18)4-3-5-21-17(19)20/h8-10,13H,3-7,18H2,1-2H3,(H,22,25)(H,23,28)(H,24,29)(H,26,27)(H,30,31)(H4,19,20,21). The van der Waals surface area contributed by atoms with Crippen LogP contribution in [0.3, 0.4) is 0 Å². The lowest BCUT2D eigenvalue weighted by Gasteiger charge is -2.24. The highest BCUT2D eigenvalue weighted by molar-refractivity contribution is 5.95. The van der Waals surface area contributed by atoms with Gasteiger partial charge in [0.2, 0.25) is 17.7 Å². The Morgan fingerprint density at radius 2 is 1.52 bits per heavy atom. The SMILES string of the molecule is CC(C)C(NC(=O)C(CC(=O)O)NC(=O)C(CCCN=C(N)N)NC(=O)CN)C(=O)O. The number of rotatable bonds is 14. The van der Waals surface area contributed by atoms with Crippen LogP contribution in [0.5, 0.6) is 0 Å². The van der Waals surface area contributed by atoms with Crippen LogP contribution in [-0.2, 0) is 24.0 Å². The Kier molecular flexibility index (Phi) is 12.2. The van der Waals surface area contributed by atoms with Crippen molar-refractivity contribution in [3.8, 4) is 0 Å². The van der Waals surface area contributed by atoms with Gasteiger partial charge in [-0.05, 0) is 18.8 Å². The van der Waals surface area contributed by atoms with Crippen LogP contribution in [0.25, 0.3) is 0 Å². The van der Waals surface area contributed by atoms with Crippen molar-refractivity contribution in [2.45, 2.75) is 51.2 Å². The molecule has 0 fully saturated rings. The number of nitrogens with two attached hydrogens (primary N) is 3. The Hall–Kier alpha value is -3.42. The molecule has 0 aromatic heterocycles. The first-order valence-electron chi connectivity index (χ1n) is 9.49. The fourth-order valence-electron chi connectivity index (χ4n) is 2.45. The van der Waals surface area contributed by atoms with Crippen LogP contribution >= 0.6 is 0 Å². The molecule has 11 N–H and O–H groups in total. The molecule has 3 amide bonds. The van der Waals surface area contributed by atoms with Gasteiger partial charge >= 0.3 is 11.9 Å². The Balaban J connectivity index is 5.39. The van der Waals surface area contributed by atoms with Crippen LogP contribution in [0, 0.1) is 5.92 Å². The molecule has 176 valence electrons. The fraction of sp³-hybridized carbons (Fsp3) is 0.647. The molecule has 0 saturated carbocycles. The summed E-state index contributed by atoms with van der Waals surface area (Å²) in [5.74, 6) is -5.82. The lowest BCUT2D eigenvalue weighted by Crippen LogP contribution is -2.57. The number of carboxylic acid groups (broad SMARTS) is 2. The number of guanidine groups is 1. The predicted molar refractivity (Wildman–Crippen MR) is 109 cm³/mol. The van der Waals surface area contributed by atoms with Crippen molar-refractivity contribution in [3.63, 3.8) is 0 Å². The van der Waals surface area contributed by atoms with Crippen molar-refractivity contribution in [1.29, 1.82) is 0 Å². The third-order valence-electron chi connectivity index (χ3n) is 4.02. The summed E-state index contributed by atoms with van der Waals surface area (Å²) < 4.78 is 0. The second-order valence-corrected chi connectivity index (χ2v) is 7.00. The van der Waals surface area contributed by atoms with E-state index in [1.807, 2.05) is 0 Å². The van der Waals surface area contributed by atoms with Crippen molar-refractivity contribution in [1.82, 2.24) is 16.0 Å². The quantitative estimate of drug-likeness (QED) is 0.0749. The van der Waals surface area contributed by atoms with Gasteiger partial charge < -0.3 is 43.4 Å². The van der Waals surface area contributed by atoms with Crippen molar-refractivity contribution in [2.75, 3.05) is 13.1 Å². The van der Waals surface area contributed by atoms with E-state index in [0.717, 1.165) is 0 Å². The number of amides is 3. The molecule has 0 aromatic rings. The molecule has 0 radical (unpaired) electrons. The molecule has 0 rings (SSSR count). The monoisotopic (exact) mass is 445 g/mol. The summed E-state index contributed by atoms with van der Waals surface area (Å²) in [7, 11) is 0. The van der Waals surface area contributed by atoms with Crippen molar-refractivity contribution in [2.24, 2.45) is 28.1 Å². The minimum absolute atomic E-state index is 0.0690. The third-order valence-corrected chi connectivity index (χ3v) is 4.02. The van der Waals surface area contributed by atoms with Crippen molar-refractivity contribution >= 4 is 35.6 Å². The summed E-state index contributed by atoms with van der Waals surface area (Å²) in [6, 6.07) is -4.00. The van der Waals surface area contributed by atoms with E-state index in [-0.39, 0.29) is 25.3 Å². The van der Waals surface area contributed by atoms with Gasteiger partial charge in [0, 0.05) is 6.54 Å². The van der Waals surface area contributed by atoms with Gasteiger partial charge in [-0.1, -0.05) is 13.8 Å². The largest absolute Gasteiger partial charge is 0.481 e. The zero-order chi connectivity index (χ0) is 24.1. The molecule has 0 spiro atoms. The maximum Gasteiger partial charge on any atom is 0.326 e. The summed E-state index contributed by atoms with van der Waals surface area (Å²) in [6.07, 6.45) is -0.446. The Morgan fingerprint density at radius 3 is 1.97 bits per heavy atom. The third kappa shape index (κ3) is 11.4. The summed E-state index contributed by atoms with van der Waals surface area (Å²) in [6.45, 7) is 2.88. The molecule has 0 aliphatic heterocycles. The first kappa shape index (κ1) is 27.6. The summed E-state index contributed by atoms with van der Waals surface area (Å²) in [5, 5.41) is 25.1. The smallest absolute Gasteiger partial charge is 0.326 e. The molecule has 0 saturated heterocycles. The number of nitrogens with zero attached hydrogens (tertiary/aromatic N) is 1. The van der Waals surface area contributed by atoms with Crippen molar-refractivity contribution < 1.29 is 34.2 Å². The van der Waals surface area contributed by atoms with Gasteiger partial charge in [0.05, 0.1) is 13.0 Å². The van der Waals surface area contributed by atoms with E-state index in [2.05, 4.69) is 20.9 Å². The molecule has 31 heavy (non-hydrogen) atoms. The number of aliphatic carboxylic acids is 2. The van der Waals surface area contributed by atoms with E-state index in [0.29, 0.717) is 0 Å². The second-order valence-electron chi connectivity index (χ2n) is 7.00. The average molecular weight is 445 g/mol. The lowest BCUT2D eigenvalue weighted by atomic mass is 10.0. The first-order chi connectivity index (χ1) is 14.4. The minimum Gasteiger partial charge on any atom is -0.481 e. The molecule has 0 heterocycles. The number of carboxylic acids is 2. The van der Waals surface area contributed by atoms with Gasteiger partial charge in [0.1, 0.15) is 18.1 Å². The number of hydrogen-bond donors (Lipinski definition) is 8. The minimum atomic E-state index is -1.57. The van der Waals surface area contributed by atoms with Crippen LogP contribution in [0.15, 0.2) is 4.99 Å². The molecule has 14 nitrogen and oxygen atoms in total. The first-order valence-corrected chi connectivity index (χ1v) is 9.49. The van der Waals surface area contributed by atoms with Gasteiger partial charge in [0.25, 0.3) is 0 Å². The molecule has 0 aromatic carbocycles. The topological polar surface area (TPSA) is 252 Å². The maximum atomic E-state index is 12.6. The summed E-state index contributed by atoms with van der Waals surface area (Å²) in [4.78, 5) is 62.9. The highest BCUT2D eigenvalue weighted by atomic mass is 16.4. The molecule has 3 unspecified atom stereocenters. The van der Waals surface area contributed by atoms with Crippen LogP contribution in [0.2, 0.25) is 0 Å². The summed E-state index contributed by atoms with van der Waals surface area (Å²) in [5.41, 5.74) is 15.7. The average Bonchev–Trinajstić information content (AvgIpc) is 2.66. The van der Waals surface area contributed by atoms with Crippen LogP contribution in [0.1, 0.15) is 33.1 Å². The van der Waals surface area contributed by atoms with E-state index in [1.165, 1.54) is 0 Å². The fourth-order valence-corrected chi connectivity index (χ4v) is 2.45. The predicted octanol–water partition coefficient (Wildman–Crippen LogP) is -3.33. The molecule has 3 atom stereocenters. The van der Waals surface area contributed by atoms with Crippen LogP contribution in [0.4, 0.5) is 0 Å². The zero-order valence-corrected chi connectivity index (χ0v) is 17.5. The van der Waals surface area contributed by atoms with Crippen molar-refractivity contribution in [3.05, 3.63) is 0 Å².